The van der Waals surface area contributed by atoms with Gasteiger partial charge in [0.2, 0.25) is 0 Å². The molecule has 1 aromatic carbocycles. The van der Waals surface area contributed by atoms with Crippen LogP contribution in [0.25, 0.3) is 0 Å². The predicted octanol–water partition coefficient (Wildman–Crippen LogP) is 2.52. The summed E-state index contributed by atoms with van der Waals surface area (Å²) in [5.74, 6) is 0. The van der Waals surface area contributed by atoms with Crippen molar-refractivity contribution in [1.29, 1.82) is 0 Å². The zero-order valence-corrected chi connectivity index (χ0v) is 10.6. The lowest BCUT2D eigenvalue weighted by Gasteiger charge is -2.05. The quantitative estimate of drug-likeness (QED) is 0.845. The zero-order valence-electron chi connectivity index (χ0n) is 10.6. The molecule has 2 rings (SSSR count). The molecular formula is C15H18N2O. The number of benzene rings is 1. The van der Waals surface area contributed by atoms with Crippen LogP contribution in [0.5, 0.6) is 0 Å². The van der Waals surface area contributed by atoms with E-state index >= 15 is 0 Å². The van der Waals surface area contributed by atoms with Gasteiger partial charge in [0.25, 0.3) is 0 Å². The SMILES string of the molecule is COCc1ccc(CNCc2ccccn2)cc1. The van der Waals surface area contributed by atoms with Gasteiger partial charge in [-0.05, 0) is 23.3 Å². The van der Waals surface area contributed by atoms with E-state index in [1.165, 1.54) is 11.1 Å². The standard InChI is InChI=1S/C15H18N2O/c1-18-12-14-7-5-13(6-8-14)10-16-11-15-4-2-3-9-17-15/h2-9,16H,10-12H2,1H3. The van der Waals surface area contributed by atoms with Gasteiger partial charge >= 0.3 is 0 Å². The molecule has 3 nitrogen and oxygen atoms in total. The van der Waals surface area contributed by atoms with E-state index in [0.29, 0.717) is 6.61 Å². The topological polar surface area (TPSA) is 34.1 Å². The van der Waals surface area contributed by atoms with E-state index in [1.54, 1.807) is 7.11 Å². The summed E-state index contributed by atoms with van der Waals surface area (Å²) in [5, 5.41) is 3.38. The van der Waals surface area contributed by atoms with Crippen molar-refractivity contribution in [1.82, 2.24) is 10.3 Å². The van der Waals surface area contributed by atoms with Crippen molar-refractivity contribution in [3.8, 4) is 0 Å². The minimum absolute atomic E-state index is 0.668. The third kappa shape index (κ3) is 3.95. The van der Waals surface area contributed by atoms with Crippen LogP contribution in [0.15, 0.2) is 48.7 Å². The van der Waals surface area contributed by atoms with Crippen molar-refractivity contribution in [2.45, 2.75) is 19.7 Å². The summed E-state index contributed by atoms with van der Waals surface area (Å²) in [6, 6.07) is 14.4. The molecule has 0 amide bonds. The average molecular weight is 242 g/mol. The number of aromatic nitrogens is 1. The number of rotatable bonds is 6. The van der Waals surface area contributed by atoms with Gasteiger partial charge in [0, 0.05) is 26.4 Å². The first-order chi connectivity index (χ1) is 8.88. The molecule has 0 bridgehead atoms. The fraction of sp³-hybridized carbons (Fsp3) is 0.267. The average Bonchev–Trinajstić information content (AvgIpc) is 2.42. The van der Waals surface area contributed by atoms with Crippen LogP contribution in [0, 0.1) is 0 Å². The highest BCUT2D eigenvalue weighted by molar-refractivity contribution is 5.22. The lowest BCUT2D eigenvalue weighted by Crippen LogP contribution is -2.13. The molecule has 94 valence electrons. The molecule has 0 atom stereocenters. The van der Waals surface area contributed by atoms with Crippen molar-refractivity contribution in [3.63, 3.8) is 0 Å². The highest BCUT2D eigenvalue weighted by Crippen LogP contribution is 2.05. The van der Waals surface area contributed by atoms with Crippen molar-refractivity contribution in [2.75, 3.05) is 7.11 Å². The van der Waals surface area contributed by atoms with Crippen LogP contribution in [0.4, 0.5) is 0 Å². The van der Waals surface area contributed by atoms with Crippen molar-refractivity contribution < 1.29 is 4.74 Å². The number of nitrogens with zero attached hydrogens (tertiary/aromatic N) is 1. The van der Waals surface area contributed by atoms with Gasteiger partial charge in [-0.25, -0.2) is 0 Å². The summed E-state index contributed by atoms with van der Waals surface area (Å²) in [6.45, 7) is 2.31. The molecule has 18 heavy (non-hydrogen) atoms. The molecule has 0 aliphatic rings. The highest BCUT2D eigenvalue weighted by Gasteiger charge is 1.96. The van der Waals surface area contributed by atoms with Gasteiger partial charge in [-0.15, -0.1) is 0 Å². The first-order valence-corrected chi connectivity index (χ1v) is 6.06. The van der Waals surface area contributed by atoms with Gasteiger partial charge in [-0.2, -0.15) is 0 Å². The molecule has 0 aliphatic carbocycles. The maximum Gasteiger partial charge on any atom is 0.0713 e. The normalized spacial score (nSPS) is 10.5. The third-order valence-electron chi connectivity index (χ3n) is 2.70. The largest absolute Gasteiger partial charge is 0.380 e. The maximum atomic E-state index is 5.08. The van der Waals surface area contributed by atoms with E-state index in [-0.39, 0.29) is 0 Å². The van der Waals surface area contributed by atoms with Gasteiger partial charge in [-0.3, -0.25) is 4.98 Å². The molecular weight excluding hydrogens is 224 g/mol. The Kier molecular flexibility index (Phi) is 4.88. The molecule has 1 heterocycles. The number of methoxy groups -OCH3 is 1. The second kappa shape index (κ2) is 6.89. The fourth-order valence-electron chi connectivity index (χ4n) is 1.76. The summed E-state index contributed by atoms with van der Waals surface area (Å²) >= 11 is 0. The van der Waals surface area contributed by atoms with Gasteiger partial charge < -0.3 is 10.1 Å². The first kappa shape index (κ1) is 12.7. The minimum Gasteiger partial charge on any atom is -0.380 e. The van der Waals surface area contributed by atoms with Crippen molar-refractivity contribution in [2.24, 2.45) is 0 Å². The number of pyridine rings is 1. The van der Waals surface area contributed by atoms with Crippen LogP contribution >= 0.6 is 0 Å². The summed E-state index contributed by atoms with van der Waals surface area (Å²) < 4.78 is 5.08. The van der Waals surface area contributed by atoms with E-state index in [2.05, 4.69) is 34.6 Å². The number of nitrogens with one attached hydrogen (secondary N) is 1. The maximum absolute atomic E-state index is 5.08. The molecule has 0 radical (unpaired) electrons. The molecule has 3 heteroatoms. The molecule has 0 saturated carbocycles. The van der Waals surface area contributed by atoms with E-state index in [9.17, 15) is 0 Å². The Labute approximate surface area is 108 Å². The zero-order chi connectivity index (χ0) is 12.6. The van der Waals surface area contributed by atoms with E-state index in [4.69, 9.17) is 4.74 Å². The summed E-state index contributed by atoms with van der Waals surface area (Å²) in [4.78, 5) is 4.27. The second-order valence-electron chi connectivity index (χ2n) is 4.17. The molecule has 0 spiro atoms. The fourth-order valence-corrected chi connectivity index (χ4v) is 1.76. The number of ether oxygens (including phenoxy) is 1. The van der Waals surface area contributed by atoms with Gasteiger partial charge in [0.1, 0.15) is 0 Å². The Morgan fingerprint density at radius 3 is 2.44 bits per heavy atom. The molecule has 1 N–H and O–H groups in total. The summed E-state index contributed by atoms with van der Waals surface area (Å²) in [7, 11) is 1.71. The van der Waals surface area contributed by atoms with E-state index < -0.39 is 0 Å². The van der Waals surface area contributed by atoms with E-state index in [0.717, 1.165) is 18.8 Å². The Bertz CT molecular complexity index is 454. The van der Waals surface area contributed by atoms with Crippen LogP contribution in [0.3, 0.4) is 0 Å². The molecule has 0 saturated heterocycles. The molecule has 0 aliphatic heterocycles. The highest BCUT2D eigenvalue weighted by atomic mass is 16.5. The lowest BCUT2D eigenvalue weighted by atomic mass is 10.1. The van der Waals surface area contributed by atoms with Gasteiger partial charge in [0.15, 0.2) is 0 Å². The monoisotopic (exact) mass is 242 g/mol. The molecule has 0 unspecified atom stereocenters. The van der Waals surface area contributed by atoms with Crippen LogP contribution in [0.1, 0.15) is 16.8 Å². The number of hydrogen-bond donors (Lipinski definition) is 1. The minimum atomic E-state index is 0.668. The Morgan fingerprint density at radius 2 is 1.78 bits per heavy atom. The van der Waals surface area contributed by atoms with Crippen molar-refractivity contribution >= 4 is 0 Å². The van der Waals surface area contributed by atoms with Crippen molar-refractivity contribution in [3.05, 3.63) is 65.5 Å². The van der Waals surface area contributed by atoms with Crippen LogP contribution in [0.2, 0.25) is 0 Å². The predicted molar refractivity (Wildman–Crippen MR) is 71.9 cm³/mol. The van der Waals surface area contributed by atoms with Gasteiger partial charge in [0.05, 0.1) is 12.3 Å². The van der Waals surface area contributed by atoms with Gasteiger partial charge in [-0.1, -0.05) is 30.3 Å². The second-order valence-corrected chi connectivity index (χ2v) is 4.17. The number of hydrogen-bond acceptors (Lipinski definition) is 3. The van der Waals surface area contributed by atoms with Crippen LogP contribution in [-0.2, 0) is 24.4 Å². The summed E-state index contributed by atoms with van der Waals surface area (Å²) in [6.07, 6.45) is 1.82. The molecule has 2 aromatic rings. The summed E-state index contributed by atoms with van der Waals surface area (Å²) in [5.41, 5.74) is 3.53. The Balaban J connectivity index is 1.80. The molecule has 0 fully saturated rings. The molecule has 1 aromatic heterocycles. The van der Waals surface area contributed by atoms with Crippen LogP contribution in [-0.4, -0.2) is 12.1 Å². The Hall–Kier alpha value is -1.71. The first-order valence-electron chi connectivity index (χ1n) is 6.06. The van der Waals surface area contributed by atoms with E-state index in [1.807, 2.05) is 24.4 Å². The third-order valence-corrected chi connectivity index (χ3v) is 2.70. The lowest BCUT2D eigenvalue weighted by molar-refractivity contribution is 0.185. The smallest absolute Gasteiger partial charge is 0.0713 e. The van der Waals surface area contributed by atoms with Crippen LogP contribution < -0.4 is 5.32 Å². The Morgan fingerprint density at radius 1 is 1.00 bits per heavy atom.